The standard InChI is InChI=1S/C18H24N8O2S/c1-13(2)18-23-17(12-26(18)3)29(27,28)21-10-9-20-15-6-7-16(25-24-15)22-14-5-4-8-19-11-14/h4-8,11-13,21H,9-10H2,1-3H3,(H,20,24)(H,22,25). The van der Waals surface area contributed by atoms with Gasteiger partial charge in [0.05, 0.1) is 11.9 Å². The lowest BCUT2D eigenvalue weighted by Gasteiger charge is -2.08. The van der Waals surface area contributed by atoms with Crippen LogP contribution in [0.25, 0.3) is 0 Å². The Morgan fingerprint density at radius 3 is 2.48 bits per heavy atom. The van der Waals surface area contributed by atoms with Crippen molar-refractivity contribution in [3.63, 3.8) is 0 Å². The summed E-state index contributed by atoms with van der Waals surface area (Å²) in [7, 11) is -1.88. The van der Waals surface area contributed by atoms with Crippen LogP contribution in [0.4, 0.5) is 17.3 Å². The number of pyridine rings is 1. The maximum atomic E-state index is 12.4. The Kier molecular flexibility index (Phi) is 6.39. The molecule has 3 heterocycles. The molecule has 0 aliphatic carbocycles. The normalized spacial score (nSPS) is 11.6. The van der Waals surface area contributed by atoms with E-state index in [4.69, 9.17) is 0 Å². The van der Waals surface area contributed by atoms with Crippen LogP contribution in [-0.2, 0) is 17.1 Å². The van der Waals surface area contributed by atoms with Crippen LogP contribution in [0, 0.1) is 0 Å². The van der Waals surface area contributed by atoms with Crippen LogP contribution in [0.1, 0.15) is 25.6 Å². The second kappa shape index (κ2) is 8.97. The van der Waals surface area contributed by atoms with Gasteiger partial charge in [-0.15, -0.1) is 10.2 Å². The average molecular weight is 417 g/mol. The van der Waals surface area contributed by atoms with Crippen molar-refractivity contribution in [2.24, 2.45) is 7.05 Å². The Hall–Kier alpha value is -3.05. The van der Waals surface area contributed by atoms with E-state index >= 15 is 0 Å². The molecule has 3 aromatic heterocycles. The fourth-order valence-electron chi connectivity index (χ4n) is 2.65. The number of aromatic nitrogens is 5. The van der Waals surface area contributed by atoms with Gasteiger partial charge in [-0.3, -0.25) is 4.98 Å². The number of anilines is 3. The molecule has 0 fully saturated rings. The number of aryl methyl sites for hydroxylation is 1. The van der Waals surface area contributed by atoms with Gasteiger partial charge in [-0.25, -0.2) is 18.1 Å². The van der Waals surface area contributed by atoms with E-state index in [0.717, 1.165) is 11.5 Å². The molecule has 0 amide bonds. The van der Waals surface area contributed by atoms with Crippen molar-refractivity contribution < 1.29 is 8.42 Å². The van der Waals surface area contributed by atoms with Crippen LogP contribution < -0.4 is 15.4 Å². The molecule has 10 nitrogen and oxygen atoms in total. The highest BCUT2D eigenvalue weighted by molar-refractivity contribution is 7.89. The van der Waals surface area contributed by atoms with Crippen molar-refractivity contribution in [2.45, 2.75) is 24.8 Å². The lowest BCUT2D eigenvalue weighted by Crippen LogP contribution is -2.29. The molecule has 11 heteroatoms. The summed E-state index contributed by atoms with van der Waals surface area (Å²) in [4.78, 5) is 8.24. The van der Waals surface area contributed by atoms with Gasteiger partial charge in [0.2, 0.25) is 0 Å². The minimum Gasteiger partial charge on any atom is -0.367 e. The van der Waals surface area contributed by atoms with Crippen LogP contribution in [0.15, 0.2) is 47.9 Å². The monoisotopic (exact) mass is 416 g/mol. The van der Waals surface area contributed by atoms with Gasteiger partial charge in [-0.2, -0.15) is 0 Å². The summed E-state index contributed by atoms with van der Waals surface area (Å²) in [5.74, 6) is 1.99. The quantitative estimate of drug-likeness (QED) is 0.451. The van der Waals surface area contributed by atoms with Gasteiger partial charge in [0.15, 0.2) is 10.8 Å². The van der Waals surface area contributed by atoms with E-state index in [1.165, 1.54) is 6.20 Å². The van der Waals surface area contributed by atoms with Crippen LogP contribution in [-0.4, -0.2) is 46.2 Å². The number of hydrogen-bond acceptors (Lipinski definition) is 8. The Labute approximate surface area is 169 Å². The number of nitrogens with zero attached hydrogens (tertiary/aromatic N) is 5. The number of sulfonamides is 1. The van der Waals surface area contributed by atoms with E-state index in [9.17, 15) is 8.42 Å². The fraction of sp³-hybridized carbons (Fsp3) is 0.333. The third kappa shape index (κ3) is 5.48. The summed E-state index contributed by atoms with van der Waals surface area (Å²) < 4.78 is 29.1. The molecule has 3 aromatic rings. The molecule has 0 unspecified atom stereocenters. The van der Waals surface area contributed by atoms with Crippen LogP contribution >= 0.6 is 0 Å². The van der Waals surface area contributed by atoms with Crippen molar-refractivity contribution in [1.82, 2.24) is 29.5 Å². The molecule has 0 spiro atoms. The predicted molar refractivity (Wildman–Crippen MR) is 111 cm³/mol. The molecular weight excluding hydrogens is 392 g/mol. The average Bonchev–Trinajstić information content (AvgIpc) is 3.10. The highest BCUT2D eigenvalue weighted by Gasteiger charge is 2.20. The smallest absolute Gasteiger partial charge is 0.259 e. The zero-order chi connectivity index (χ0) is 20.9. The Balaban J connectivity index is 1.49. The molecule has 3 rings (SSSR count). The summed E-state index contributed by atoms with van der Waals surface area (Å²) in [5.41, 5.74) is 0.812. The first-order valence-corrected chi connectivity index (χ1v) is 10.6. The second-order valence-electron chi connectivity index (χ2n) is 6.70. The van der Waals surface area contributed by atoms with Gasteiger partial charge in [0.25, 0.3) is 10.0 Å². The Morgan fingerprint density at radius 1 is 1.10 bits per heavy atom. The van der Waals surface area contributed by atoms with Gasteiger partial charge >= 0.3 is 0 Å². The fourth-order valence-corrected chi connectivity index (χ4v) is 3.68. The first kappa shape index (κ1) is 20.7. The first-order chi connectivity index (χ1) is 13.8. The van der Waals surface area contributed by atoms with Gasteiger partial charge in [-0.1, -0.05) is 13.8 Å². The van der Waals surface area contributed by atoms with Gasteiger partial charge < -0.3 is 15.2 Å². The van der Waals surface area contributed by atoms with Gasteiger partial charge in [0.1, 0.15) is 11.6 Å². The largest absolute Gasteiger partial charge is 0.367 e. The molecule has 0 aliphatic heterocycles. The number of rotatable bonds is 9. The van der Waals surface area contributed by atoms with E-state index in [1.54, 1.807) is 36.1 Å². The van der Waals surface area contributed by atoms with Crippen molar-refractivity contribution in [1.29, 1.82) is 0 Å². The summed E-state index contributed by atoms with van der Waals surface area (Å²) >= 11 is 0. The minimum absolute atomic E-state index is 0.0225. The van der Waals surface area contributed by atoms with E-state index in [2.05, 4.69) is 35.5 Å². The Bertz CT molecular complexity index is 1030. The molecule has 3 N–H and O–H groups in total. The highest BCUT2D eigenvalue weighted by atomic mass is 32.2. The molecule has 0 saturated carbocycles. The minimum atomic E-state index is -3.67. The van der Waals surface area contributed by atoms with E-state index in [1.807, 2.05) is 26.0 Å². The van der Waals surface area contributed by atoms with Gasteiger partial charge in [0, 0.05) is 38.4 Å². The predicted octanol–water partition coefficient (Wildman–Crippen LogP) is 1.86. The molecule has 154 valence electrons. The zero-order valence-corrected chi connectivity index (χ0v) is 17.3. The molecule has 0 aliphatic rings. The lowest BCUT2D eigenvalue weighted by atomic mass is 10.2. The molecule has 0 radical (unpaired) electrons. The second-order valence-corrected chi connectivity index (χ2v) is 8.41. The summed E-state index contributed by atoms with van der Waals surface area (Å²) in [5, 5.41) is 14.3. The molecule has 0 saturated heterocycles. The molecule has 0 aromatic carbocycles. The molecule has 0 bridgehead atoms. The number of nitrogens with one attached hydrogen (secondary N) is 3. The highest BCUT2D eigenvalue weighted by Crippen LogP contribution is 2.16. The van der Waals surface area contributed by atoms with Crippen molar-refractivity contribution in [3.05, 3.63) is 48.7 Å². The van der Waals surface area contributed by atoms with Crippen molar-refractivity contribution >= 4 is 27.3 Å². The maximum Gasteiger partial charge on any atom is 0.259 e. The summed E-state index contributed by atoms with van der Waals surface area (Å²) in [6.45, 7) is 4.48. The molecule has 29 heavy (non-hydrogen) atoms. The van der Waals surface area contributed by atoms with E-state index < -0.39 is 10.0 Å². The number of hydrogen-bond donors (Lipinski definition) is 3. The maximum absolute atomic E-state index is 12.4. The van der Waals surface area contributed by atoms with Crippen LogP contribution in [0.3, 0.4) is 0 Å². The first-order valence-electron chi connectivity index (χ1n) is 9.13. The Morgan fingerprint density at radius 2 is 1.86 bits per heavy atom. The van der Waals surface area contributed by atoms with E-state index in [0.29, 0.717) is 18.2 Å². The third-order valence-electron chi connectivity index (χ3n) is 4.00. The topological polar surface area (TPSA) is 127 Å². The van der Waals surface area contributed by atoms with Crippen LogP contribution in [0.2, 0.25) is 0 Å². The summed E-state index contributed by atoms with van der Waals surface area (Å²) in [6, 6.07) is 7.22. The van der Waals surface area contributed by atoms with E-state index in [-0.39, 0.29) is 17.5 Å². The third-order valence-corrected chi connectivity index (χ3v) is 5.34. The lowest BCUT2D eigenvalue weighted by molar-refractivity contribution is 0.579. The zero-order valence-electron chi connectivity index (χ0n) is 16.5. The van der Waals surface area contributed by atoms with Crippen LogP contribution in [0.5, 0.6) is 0 Å². The SMILES string of the molecule is CC(C)c1nc(S(=O)(=O)NCCNc2ccc(Nc3cccnc3)nn2)cn1C. The van der Waals surface area contributed by atoms with Crippen molar-refractivity contribution in [3.8, 4) is 0 Å². The molecular formula is C18H24N8O2S. The number of imidazole rings is 1. The van der Waals surface area contributed by atoms with Gasteiger partial charge in [-0.05, 0) is 24.3 Å². The molecule has 0 atom stereocenters. The summed E-state index contributed by atoms with van der Waals surface area (Å²) in [6.07, 6.45) is 4.89. The van der Waals surface area contributed by atoms with Crippen molar-refractivity contribution in [2.75, 3.05) is 23.7 Å².